The lowest BCUT2D eigenvalue weighted by atomic mass is 10.1. The zero-order valence-electron chi connectivity index (χ0n) is 12.6. The monoisotopic (exact) mass is 312 g/mol. The molecule has 0 spiro atoms. The standard InChI is InChI=1S/C15H24N2O3S/c1-12(2)11-20-14-5-7-15(8-6-14)21(18,19)17-13-4-3-9-16-10-13/h5-8,12-13,16-17H,3-4,9-11H2,1-2H3/t13-/m1/s1. The van der Waals surface area contributed by atoms with E-state index in [0.29, 0.717) is 24.8 Å². The molecule has 1 aromatic rings. The average molecular weight is 312 g/mol. The van der Waals surface area contributed by atoms with Crippen LogP contribution in [-0.2, 0) is 10.0 Å². The lowest BCUT2D eigenvalue weighted by molar-refractivity contribution is 0.271. The summed E-state index contributed by atoms with van der Waals surface area (Å²) in [6.45, 7) is 6.41. The molecule has 0 radical (unpaired) electrons. The lowest BCUT2D eigenvalue weighted by Gasteiger charge is -2.23. The molecule has 1 fully saturated rings. The first kappa shape index (κ1) is 16.3. The first-order valence-corrected chi connectivity index (χ1v) is 8.91. The Hall–Kier alpha value is -1.11. The van der Waals surface area contributed by atoms with Crippen molar-refractivity contribution in [2.75, 3.05) is 19.7 Å². The van der Waals surface area contributed by atoms with Gasteiger partial charge in [0.25, 0.3) is 0 Å². The molecule has 2 N–H and O–H groups in total. The van der Waals surface area contributed by atoms with Crippen LogP contribution in [0.5, 0.6) is 5.75 Å². The predicted octanol–water partition coefficient (Wildman–Crippen LogP) is 1.75. The van der Waals surface area contributed by atoms with E-state index in [1.165, 1.54) is 0 Å². The van der Waals surface area contributed by atoms with Crippen LogP contribution in [0.3, 0.4) is 0 Å². The highest BCUT2D eigenvalue weighted by molar-refractivity contribution is 7.89. The van der Waals surface area contributed by atoms with E-state index in [1.807, 2.05) is 0 Å². The van der Waals surface area contributed by atoms with Crippen LogP contribution in [0, 0.1) is 5.92 Å². The average Bonchev–Trinajstić information content (AvgIpc) is 2.46. The minimum absolute atomic E-state index is 0.0272. The molecule has 21 heavy (non-hydrogen) atoms. The maximum absolute atomic E-state index is 12.3. The number of ether oxygens (including phenoxy) is 1. The smallest absolute Gasteiger partial charge is 0.240 e. The first-order chi connectivity index (χ1) is 9.97. The van der Waals surface area contributed by atoms with Gasteiger partial charge in [0.05, 0.1) is 11.5 Å². The highest BCUT2D eigenvalue weighted by Gasteiger charge is 2.21. The molecule has 1 atom stereocenters. The van der Waals surface area contributed by atoms with E-state index in [-0.39, 0.29) is 10.9 Å². The Kier molecular flexibility index (Phi) is 5.61. The number of piperidine rings is 1. The van der Waals surface area contributed by atoms with Gasteiger partial charge in [0, 0.05) is 12.6 Å². The summed E-state index contributed by atoms with van der Waals surface area (Å²) in [5.74, 6) is 1.14. The third-order valence-corrected chi connectivity index (χ3v) is 4.87. The molecule has 5 nitrogen and oxygen atoms in total. The SMILES string of the molecule is CC(C)COc1ccc(S(=O)(=O)N[C@@H]2CCCNC2)cc1. The summed E-state index contributed by atoms with van der Waals surface area (Å²) in [5, 5.41) is 3.20. The maximum Gasteiger partial charge on any atom is 0.240 e. The van der Waals surface area contributed by atoms with E-state index in [4.69, 9.17) is 4.74 Å². The van der Waals surface area contributed by atoms with Crippen LogP contribution in [0.4, 0.5) is 0 Å². The van der Waals surface area contributed by atoms with Crippen LogP contribution >= 0.6 is 0 Å². The molecule has 0 unspecified atom stereocenters. The van der Waals surface area contributed by atoms with E-state index in [0.717, 1.165) is 19.4 Å². The molecule has 0 aromatic heterocycles. The Balaban J connectivity index is 1.99. The molecular weight excluding hydrogens is 288 g/mol. The normalized spacial score (nSPS) is 19.7. The van der Waals surface area contributed by atoms with Gasteiger partial charge in [-0.3, -0.25) is 0 Å². The lowest BCUT2D eigenvalue weighted by Crippen LogP contribution is -2.45. The van der Waals surface area contributed by atoms with Gasteiger partial charge in [-0.15, -0.1) is 0 Å². The highest BCUT2D eigenvalue weighted by Crippen LogP contribution is 2.17. The van der Waals surface area contributed by atoms with E-state index in [9.17, 15) is 8.42 Å². The maximum atomic E-state index is 12.3. The van der Waals surface area contributed by atoms with Crippen molar-refractivity contribution in [3.8, 4) is 5.75 Å². The molecule has 2 rings (SSSR count). The number of sulfonamides is 1. The summed E-state index contributed by atoms with van der Waals surface area (Å²) >= 11 is 0. The molecule has 1 aromatic carbocycles. The van der Waals surface area contributed by atoms with Crippen molar-refractivity contribution in [2.24, 2.45) is 5.92 Å². The Morgan fingerprint density at radius 2 is 2.05 bits per heavy atom. The second-order valence-corrected chi connectivity index (χ2v) is 7.55. The van der Waals surface area contributed by atoms with Gasteiger partial charge >= 0.3 is 0 Å². The van der Waals surface area contributed by atoms with Crippen molar-refractivity contribution in [3.05, 3.63) is 24.3 Å². The first-order valence-electron chi connectivity index (χ1n) is 7.43. The number of nitrogens with one attached hydrogen (secondary N) is 2. The minimum atomic E-state index is -3.45. The molecule has 1 aliphatic rings. The molecule has 1 aliphatic heterocycles. The van der Waals surface area contributed by atoms with Gasteiger partial charge < -0.3 is 10.1 Å². The number of benzene rings is 1. The molecule has 0 aliphatic carbocycles. The Labute approximate surface area is 127 Å². The topological polar surface area (TPSA) is 67.4 Å². The van der Waals surface area contributed by atoms with Crippen molar-refractivity contribution < 1.29 is 13.2 Å². The molecule has 1 saturated heterocycles. The van der Waals surface area contributed by atoms with Crippen LogP contribution in [0.1, 0.15) is 26.7 Å². The number of hydrogen-bond donors (Lipinski definition) is 2. The molecule has 6 heteroatoms. The predicted molar refractivity (Wildman–Crippen MR) is 83.0 cm³/mol. The van der Waals surface area contributed by atoms with Gasteiger partial charge in [-0.25, -0.2) is 13.1 Å². The summed E-state index contributed by atoms with van der Waals surface area (Å²) in [5.41, 5.74) is 0. The quantitative estimate of drug-likeness (QED) is 0.840. The van der Waals surface area contributed by atoms with Gasteiger partial charge in [-0.1, -0.05) is 13.8 Å². The molecule has 0 saturated carbocycles. The second kappa shape index (κ2) is 7.24. The third-order valence-electron chi connectivity index (χ3n) is 3.34. The fraction of sp³-hybridized carbons (Fsp3) is 0.600. The van der Waals surface area contributed by atoms with Crippen LogP contribution in [-0.4, -0.2) is 34.2 Å². The fourth-order valence-electron chi connectivity index (χ4n) is 2.22. The van der Waals surface area contributed by atoms with Gasteiger partial charge in [-0.05, 0) is 49.6 Å². The zero-order chi connectivity index (χ0) is 15.3. The van der Waals surface area contributed by atoms with Gasteiger partial charge in [-0.2, -0.15) is 0 Å². The van der Waals surface area contributed by atoms with E-state index in [2.05, 4.69) is 23.9 Å². The Morgan fingerprint density at radius 3 is 2.62 bits per heavy atom. The van der Waals surface area contributed by atoms with Crippen molar-refractivity contribution >= 4 is 10.0 Å². The van der Waals surface area contributed by atoms with Gasteiger partial charge in [0.15, 0.2) is 0 Å². The Morgan fingerprint density at radius 1 is 1.33 bits per heavy atom. The largest absolute Gasteiger partial charge is 0.493 e. The van der Waals surface area contributed by atoms with Gasteiger partial charge in [0.2, 0.25) is 10.0 Å². The van der Waals surface area contributed by atoms with Crippen molar-refractivity contribution in [3.63, 3.8) is 0 Å². The second-order valence-electron chi connectivity index (χ2n) is 5.84. The van der Waals surface area contributed by atoms with E-state index >= 15 is 0 Å². The summed E-state index contributed by atoms with van der Waals surface area (Å²) in [6.07, 6.45) is 1.87. The van der Waals surface area contributed by atoms with Crippen molar-refractivity contribution in [1.82, 2.24) is 10.0 Å². The summed E-state index contributed by atoms with van der Waals surface area (Å²) in [4.78, 5) is 0.282. The molecule has 1 heterocycles. The molecular formula is C15H24N2O3S. The van der Waals surface area contributed by atoms with E-state index < -0.39 is 10.0 Å². The van der Waals surface area contributed by atoms with Crippen LogP contribution in [0.25, 0.3) is 0 Å². The van der Waals surface area contributed by atoms with Crippen molar-refractivity contribution in [1.29, 1.82) is 0 Å². The highest BCUT2D eigenvalue weighted by atomic mass is 32.2. The summed E-state index contributed by atoms with van der Waals surface area (Å²) in [6, 6.07) is 6.56. The fourth-order valence-corrected chi connectivity index (χ4v) is 3.49. The zero-order valence-corrected chi connectivity index (χ0v) is 13.4. The van der Waals surface area contributed by atoms with Crippen LogP contribution in [0.2, 0.25) is 0 Å². The molecule has 0 bridgehead atoms. The number of hydrogen-bond acceptors (Lipinski definition) is 4. The third kappa shape index (κ3) is 4.98. The summed E-state index contributed by atoms with van der Waals surface area (Å²) < 4.78 is 32.9. The summed E-state index contributed by atoms with van der Waals surface area (Å²) in [7, 11) is -3.45. The number of rotatable bonds is 6. The van der Waals surface area contributed by atoms with E-state index in [1.54, 1.807) is 24.3 Å². The van der Waals surface area contributed by atoms with Crippen molar-refractivity contribution in [2.45, 2.75) is 37.6 Å². The minimum Gasteiger partial charge on any atom is -0.493 e. The molecule has 118 valence electrons. The van der Waals surface area contributed by atoms with Crippen LogP contribution < -0.4 is 14.8 Å². The molecule has 0 amide bonds. The van der Waals surface area contributed by atoms with Crippen LogP contribution in [0.15, 0.2) is 29.2 Å². The van der Waals surface area contributed by atoms with Gasteiger partial charge in [0.1, 0.15) is 5.75 Å². The Bertz CT molecular complexity index is 535.